The number of para-hydroxylation sites is 1. The van der Waals surface area contributed by atoms with Crippen molar-refractivity contribution in [2.45, 2.75) is 44.4 Å². The summed E-state index contributed by atoms with van der Waals surface area (Å²) in [5.74, 6) is 0.287. The Balaban J connectivity index is 1.68. The second-order valence-corrected chi connectivity index (χ2v) is 7.67. The predicted molar refractivity (Wildman–Crippen MR) is 101 cm³/mol. The summed E-state index contributed by atoms with van der Waals surface area (Å²) in [5, 5.41) is 0.188. The number of fused-ring (bicyclic) bond motifs is 1. The number of aromatic nitrogens is 2. The van der Waals surface area contributed by atoms with Gasteiger partial charge in [-0.1, -0.05) is 12.1 Å². The van der Waals surface area contributed by atoms with Gasteiger partial charge < -0.3 is 4.90 Å². The quantitative estimate of drug-likeness (QED) is 0.764. The van der Waals surface area contributed by atoms with Gasteiger partial charge in [0.1, 0.15) is 12.4 Å². The number of alkyl halides is 3. The molecule has 1 aromatic heterocycles. The van der Waals surface area contributed by atoms with Crippen LogP contribution in [0, 0.1) is 0 Å². The van der Waals surface area contributed by atoms with Gasteiger partial charge in [-0.05, 0) is 37.9 Å². The van der Waals surface area contributed by atoms with Crippen LogP contribution >= 0.6 is 0 Å². The Labute approximate surface area is 165 Å². The lowest BCUT2D eigenvalue weighted by Crippen LogP contribution is -2.39. The number of carbonyl (C=O) groups is 1. The van der Waals surface area contributed by atoms with E-state index < -0.39 is 18.3 Å². The maximum atomic E-state index is 13.2. The van der Waals surface area contributed by atoms with Crippen LogP contribution < -0.4 is 5.56 Å². The van der Waals surface area contributed by atoms with E-state index in [-0.39, 0.29) is 23.2 Å². The highest BCUT2D eigenvalue weighted by Gasteiger charge is 2.35. The number of likely N-dealkylation sites (tertiary alicyclic amines) is 2. The van der Waals surface area contributed by atoms with Crippen LogP contribution in [0.15, 0.2) is 29.1 Å². The molecule has 3 heterocycles. The minimum atomic E-state index is -4.52. The molecule has 0 saturated carbocycles. The Kier molecular flexibility index (Phi) is 5.33. The van der Waals surface area contributed by atoms with Crippen molar-refractivity contribution in [1.82, 2.24) is 19.4 Å². The largest absolute Gasteiger partial charge is 0.406 e. The molecule has 1 aromatic carbocycles. The Bertz CT molecular complexity index is 972. The molecule has 156 valence electrons. The zero-order chi connectivity index (χ0) is 20.6. The molecule has 0 radical (unpaired) electrons. The van der Waals surface area contributed by atoms with Gasteiger partial charge in [-0.25, -0.2) is 4.98 Å². The van der Waals surface area contributed by atoms with Gasteiger partial charge in [-0.15, -0.1) is 0 Å². The second-order valence-electron chi connectivity index (χ2n) is 7.67. The van der Waals surface area contributed by atoms with Gasteiger partial charge in [0.15, 0.2) is 0 Å². The van der Waals surface area contributed by atoms with Gasteiger partial charge in [-0.2, -0.15) is 13.2 Å². The SMILES string of the molecule is O=C1CCCN1CCN1CCCC1c1nc2ccccc2c(=O)n1CC(F)(F)F. The number of benzene rings is 1. The van der Waals surface area contributed by atoms with Gasteiger partial charge in [-0.3, -0.25) is 19.1 Å². The van der Waals surface area contributed by atoms with Crippen molar-refractivity contribution >= 4 is 16.8 Å². The van der Waals surface area contributed by atoms with Crippen LogP contribution in [-0.2, 0) is 11.3 Å². The lowest BCUT2D eigenvalue weighted by Gasteiger charge is -2.28. The first-order valence-electron chi connectivity index (χ1n) is 9.91. The first-order chi connectivity index (χ1) is 13.8. The van der Waals surface area contributed by atoms with E-state index in [9.17, 15) is 22.8 Å². The normalized spacial score (nSPS) is 20.9. The van der Waals surface area contributed by atoms with E-state index in [1.165, 1.54) is 6.07 Å². The molecule has 0 bridgehead atoms. The zero-order valence-corrected chi connectivity index (χ0v) is 16.0. The molecule has 2 aromatic rings. The smallest absolute Gasteiger partial charge is 0.341 e. The van der Waals surface area contributed by atoms with Crippen LogP contribution in [0.3, 0.4) is 0 Å². The van der Waals surface area contributed by atoms with Crippen LogP contribution in [-0.4, -0.2) is 57.6 Å². The molecular formula is C20H23F3N4O2. The van der Waals surface area contributed by atoms with Crippen LogP contribution in [0.5, 0.6) is 0 Å². The van der Waals surface area contributed by atoms with Gasteiger partial charge in [0, 0.05) is 26.1 Å². The van der Waals surface area contributed by atoms with E-state index in [1.807, 2.05) is 0 Å². The Morgan fingerprint density at radius 3 is 2.59 bits per heavy atom. The van der Waals surface area contributed by atoms with Crippen LogP contribution in [0.25, 0.3) is 10.9 Å². The molecule has 9 heteroatoms. The Morgan fingerprint density at radius 1 is 1.07 bits per heavy atom. The Hall–Kier alpha value is -2.42. The van der Waals surface area contributed by atoms with Crippen molar-refractivity contribution in [3.8, 4) is 0 Å². The number of hydrogen-bond acceptors (Lipinski definition) is 4. The summed E-state index contributed by atoms with van der Waals surface area (Å²) in [5.41, 5.74) is -0.253. The fourth-order valence-electron chi connectivity index (χ4n) is 4.35. The van der Waals surface area contributed by atoms with E-state index in [4.69, 9.17) is 0 Å². The molecule has 1 amide bonds. The second kappa shape index (κ2) is 7.78. The highest BCUT2D eigenvalue weighted by molar-refractivity contribution is 5.78. The molecular weight excluding hydrogens is 385 g/mol. The van der Waals surface area contributed by atoms with Crippen molar-refractivity contribution in [3.63, 3.8) is 0 Å². The summed E-state index contributed by atoms with van der Waals surface area (Å²) < 4.78 is 40.5. The minimum Gasteiger partial charge on any atom is -0.341 e. The van der Waals surface area contributed by atoms with E-state index in [0.29, 0.717) is 38.0 Å². The monoisotopic (exact) mass is 408 g/mol. The summed E-state index contributed by atoms with van der Waals surface area (Å²) in [6.45, 7) is 1.19. The van der Waals surface area contributed by atoms with Gasteiger partial charge in [0.25, 0.3) is 5.56 Å². The maximum absolute atomic E-state index is 13.2. The lowest BCUT2D eigenvalue weighted by molar-refractivity contribution is -0.142. The number of amides is 1. The summed E-state index contributed by atoms with van der Waals surface area (Å²) in [6, 6.07) is 6.13. The highest BCUT2D eigenvalue weighted by Crippen LogP contribution is 2.32. The van der Waals surface area contributed by atoms with Crippen molar-refractivity contribution in [3.05, 3.63) is 40.4 Å². The van der Waals surface area contributed by atoms with E-state index in [1.54, 1.807) is 23.1 Å². The number of carbonyl (C=O) groups excluding carboxylic acids is 1. The van der Waals surface area contributed by atoms with Gasteiger partial charge in [0.2, 0.25) is 5.91 Å². The maximum Gasteiger partial charge on any atom is 0.406 e. The molecule has 29 heavy (non-hydrogen) atoms. The summed E-state index contributed by atoms with van der Waals surface area (Å²) in [6.07, 6.45) is -1.67. The summed E-state index contributed by atoms with van der Waals surface area (Å²) >= 11 is 0. The predicted octanol–water partition coefficient (Wildman–Crippen LogP) is 2.72. The molecule has 0 N–H and O–H groups in total. The first-order valence-corrected chi connectivity index (χ1v) is 9.91. The molecule has 2 aliphatic heterocycles. The first kappa shape index (κ1) is 19.9. The van der Waals surface area contributed by atoms with Gasteiger partial charge in [0.05, 0.1) is 16.9 Å². The number of halogens is 3. The third-order valence-electron chi connectivity index (χ3n) is 5.72. The highest BCUT2D eigenvalue weighted by atomic mass is 19.4. The average Bonchev–Trinajstić information content (AvgIpc) is 3.30. The molecule has 2 fully saturated rings. The molecule has 4 rings (SSSR count). The number of rotatable bonds is 5. The van der Waals surface area contributed by atoms with Gasteiger partial charge >= 0.3 is 6.18 Å². The molecule has 2 aliphatic rings. The fraction of sp³-hybridized carbons (Fsp3) is 0.550. The summed E-state index contributed by atoms with van der Waals surface area (Å²) in [4.78, 5) is 33.0. The number of hydrogen-bond donors (Lipinski definition) is 0. The van der Waals surface area contributed by atoms with Crippen molar-refractivity contribution in [1.29, 1.82) is 0 Å². The average molecular weight is 408 g/mol. The van der Waals surface area contributed by atoms with E-state index in [2.05, 4.69) is 9.88 Å². The van der Waals surface area contributed by atoms with E-state index >= 15 is 0 Å². The molecule has 0 spiro atoms. The van der Waals surface area contributed by atoms with Crippen molar-refractivity contribution in [2.24, 2.45) is 0 Å². The third kappa shape index (κ3) is 4.14. The topological polar surface area (TPSA) is 58.4 Å². The molecule has 1 unspecified atom stereocenters. The molecule has 1 atom stereocenters. The standard InChI is InChI=1S/C20H23F3N4O2/c21-20(22,23)13-27-18(24-15-6-2-1-5-14(15)19(27)29)16-7-3-9-25(16)11-12-26-10-4-8-17(26)28/h1-2,5-6,16H,3-4,7-13H2. The molecule has 0 aliphatic carbocycles. The molecule has 2 saturated heterocycles. The fourth-order valence-corrected chi connectivity index (χ4v) is 4.35. The van der Waals surface area contributed by atoms with Crippen molar-refractivity contribution < 1.29 is 18.0 Å². The Morgan fingerprint density at radius 2 is 1.86 bits per heavy atom. The lowest BCUT2D eigenvalue weighted by atomic mass is 10.1. The zero-order valence-electron chi connectivity index (χ0n) is 16.0. The van der Waals surface area contributed by atoms with Crippen LogP contribution in [0.4, 0.5) is 13.2 Å². The van der Waals surface area contributed by atoms with Crippen molar-refractivity contribution in [2.75, 3.05) is 26.2 Å². The van der Waals surface area contributed by atoms with Crippen LogP contribution in [0.1, 0.15) is 37.5 Å². The third-order valence-corrected chi connectivity index (χ3v) is 5.72. The number of nitrogens with zero attached hydrogens (tertiary/aromatic N) is 4. The van der Waals surface area contributed by atoms with Crippen LogP contribution in [0.2, 0.25) is 0 Å². The summed E-state index contributed by atoms with van der Waals surface area (Å²) in [7, 11) is 0. The minimum absolute atomic E-state index is 0.124. The van der Waals surface area contributed by atoms with E-state index in [0.717, 1.165) is 24.0 Å². The molecule has 6 nitrogen and oxygen atoms in total.